The number of benzene rings is 1. The summed E-state index contributed by atoms with van der Waals surface area (Å²) in [4.78, 5) is 24.5. The Bertz CT molecular complexity index is 715. The summed E-state index contributed by atoms with van der Waals surface area (Å²) >= 11 is 0. The molecule has 0 aliphatic carbocycles. The second-order valence-corrected chi connectivity index (χ2v) is 5.34. The predicted molar refractivity (Wildman–Crippen MR) is 80.4 cm³/mol. The van der Waals surface area contributed by atoms with Crippen molar-refractivity contribution in [3.63, 3.8) is 0 Å². The number of non-ortho nitro benzene ring substituents is 1. The van der Waals surface area contributed by atoms with Crippen LogP contribution in [0.5, 0.6) is 0 Å². The van der Waals surface area contributed by atoms with Crippen LogP contribution in [0.3, 0.4) is 0 Å². The van der Waals surface area contributed by atoms with E-state index in [1.165, 1.54) is 12.1 Å². The topological polar surface area (TPSA) is 81.3 Å². The molecule has 1 saturated heterocycles. The summed E-state index contributed by atoms with van der Waals surface area (Å²) in [7, 11) is 1.73. The summed E-state index contributed by atoms with van der Waals surface area (Å²) in [5.74, 6) is -0.0133. The highest BCUT2D eigenvalue weighted by atomic mass is 16.6. The first-order chi connectivity index (χ1) is 10.6. The van der Waals surface area contributed by atoms with Gasteiger partial charge in [0.05, 0.1) is 10.6 Å². The number of amides is 1. The summed E-state index contributed by atoms with van der Waals surface area (Å²) in [6.07, 6.45) is 2.08. The van der Waals surface area contributed by atoms with Crippen LogP contribution < -0.4 is 0 Å². The molecule has 7 nitrogen and oxygen atoms in total. The van der Waals surface area contributed by atoms with Gasteiger partial charge in [0.25, 0.3) is 11.6 Å². The van der Waals surface area contributed by atoms with Crippen LogP contribution in [0.1, 0.15) is 23.3 Å². The third-order valence-corrected chi connectivity index (χ3v) is 3.87. The van der Waals surface area contributed by atoms with E-state index in [-0.39, 0.29) is 11.6 Å². The third-order valence-electron chi connectivity index (χ3n) is 3.87. The number of rotatable bonds is 3. The minimum Gasteiger partial charge on any atom is -0.337 e. The molecule has 0 unspecified atom stereocenters. The summed E-state index contributed by atoms with van der Waals surface area (Å²) in [6, 6.07) is 7.90. The Morgan fingerprint density at radius 3 is 2.45 bits per heavy atom. The van der Waals surface area contributed by atoms with Crippen molar-refractivity contribution in [1.82, 2.24) is 14.7 Å². The van der Waals surface area contributed by atoms with E-state index >= 15 is 0 Å². The summed E-state index contributed by atoms with van der Waals surface area (Å²) in [5, 5.41) is 15.0. The van der Waals surface area contributed by atoms with Crippen molar-refractivity contribution < 1.29 is 9.72 Å². The Morgan fingerprint density at radius 2 is 1.86 bits per heavy atom. The van der Waals surface area contributed by atoms with E-state index in [9.17, 15) is 14.9 Å². The average Bonchev–Trinajstić information content (AvgIpc) is 3.16. The summed E-state index contributed by atoms with van der Waals surface area (Å²) < 4.78 is 1.57. The van der Waals surface area contributed by atoms with Crippen LogP contribution in [-0.4, -0.2) is 38.6 Å². The van der Waals surface area contributed by atoms with Gasteiger partial charge in [0.15, 0.2) is 0 Å². The monoisotopic (exact) mass is 300 g/mol. The van der Waals surface area contributed by atoms with Gasteiger partial charge in [0.2, 0.25) is 0 Å². The standard InChI is InChI=1S/C15H16N4O3/c1-17-14(15(20)18-8-2-3-9-18)10-13(16-17)11-4-6-12(7-5-11)19(21)22/h4-7,10H,2-3,8-9H2,1H3. The number of nitro groups is 1. The maximum Gasteiger partial charge on any atom is 0.272 e. The van der Waals surface area contributed by atoms with Crippen molar-refractivity contribution >= 4 is 11.6 Å². The maximum absolute atomic E-state index is 12.4. The number of aryl methyl sites for hydroxylation is 1. The van der Waals surface area contributed by atoms with Gasteiger partial charge in [-0.1, -0.05) is 0 Å². The molecule has 2 aromatic rings. The van der Waals surface area contributed by atoms with Gasteiger partial charge in [-0.2, -0.15) is 5.10 Å². The fourth-order valence-corrected chi connectivity index (χ4v) is 2.64. The number of hydrogen-bond acceptors (Lipinski definition) is 4. The number of nitro benzene ring substituents is 1. The summed E-state index contributed by atoms with van der Waals surface area (Å²) in [5.41, 5.74) is 1.96. The lowest BCUT2D eigenvalue weighted by Gasteiger charge is -2.14. The van der Waals surface area contributed by atoms with Gasteiger partial charge in [-0.05, 0) is 31.0 Å². The van der Waals surface area contributed by atoms with Gasteiger partial charge in [-0.3, -0.25) is 19.6 Å². The Kier molecular flexibility index (Phi) is 3.62. The molecule has 1 aliphatic rings. The SMILES string of the molecule is Cn1nc(-c2ccc([N+](=O)[O-])cc2)cc1C(=O)N1CCCC1. The molecule has 1 aromatic heterocycles. The van der Waals surface area contributed by atoms with Gasteiger partial charge in [0.1, 0.15) is 5.69 Å². The third kappa shape index (κ3) is 2.57. The largest absolute Gasteiger partial charge is 0.337 e. The van der Waals surface area contributed by atoms with Gasteiger partial charge < -0.3 is 4.90 Å². The fourth-order valence-electron chi connectivity index (χ4n) is 2.64. The molecule has 1 aliphatic heterocycles. The molecule has 3 rings (SSSR count). The van der Waals surface area contributed by atoms with Crippen LogP contribution in [0.25, 0.3) is 11.3 Å². The Hall–Kier alpha value is -2.70. The molecule has 2 heterocycles. The van der Waals surface area contributed by atoms with Gasteiger partial charge in [-0.15, -0.1) is 0 Å². The van der Waals surface area contributed by atoms with E-state index < -0.39 is 4.92 Å². The number of likely N-dealkylation sites (tertiary alicyclic amines) is 1. The van der Waals surface area contributed by atoms with Crippen molar-refractivity contribution in [2.45, 2.75) is 12.8 Å². The Morgan fingerprint density at radius 1 is 1.23 bits per heavy atom. The van der Waals surface area contributed by atoms with Crippen LogP contribution >= 0.6 is 0 Å². The Labute approximate surface area is 127 Å². The van der Waals surface area contributed by atoms with Crippen LogP contribution in [0.2, 0.25) is 0 Å². The first kappa shape index (κ1) is 14.2. The quantitative estimate of drug-likeness (QED) is 0.643. The number of aromatic nitrogens is 2. The molecule has 1 amide bonds. The van der Waals surface area contributed by atoms with Crippen molar-refractivity contribution in [2.24, 2.45) is 7.05 Å². The smallest absolute Gasteiger partial charge is 0.272 e. The minimum absolute atomic E-state index is 0.0133. The molecular weight excluding hydrogens is 284 g/mol. The van der Waals surface area contributed by atoms with E-state index in [0.29, 0.717) is 11.4 Å². The zero-order valence-electron chi connectivity index (χ0n) is 12.2. The molecule has 0 saturated carbocycles. The van der Waals surface area contributed by atoms with E-state index in [0.717, 1.165) is 31.5 Å². The molecule has 7 heteroatoms. The first-order valence-electron chi connectivity index (χ1n) is 7.14. The maximum atomic E-state index is 12.4. The van der Waals surface area contributed by atoms with E-state index in [4.69, 9.17) is 0 Å². The molecule has 0 atom stereocenters. The van der Waals surface area contributed by atoms with Crippen LogP contribution in [-0.2, 0) is 7.05 Å². The van der Waals surface area contributed by atoms with E-state index in [2.05, 4.69) is 5.10 Å². The number of carbonyl (C=O) groups is 1. The molecule has 1 fully saturated rings. The van der Waals surface area contributed by atoms with E-state index in [1.54, 1.807) is 29.9 Å². The minimum atomic E-state index is -0.440. The lowest BCUT2D eigenvalue weighted by atomic mass is 10.1. The lowest BCUT2D eigenvalue weighted by Crippen LogP contribution is -2.29. The molecular formula is C15H16N4O3. The number of carbonyl (C=O) groups excluding carboxylic acids is 1. The van der Waals surface area contributed by atoms with Crippen LogP contribution in [0, 0.1) is 10.1 Å². The second kappa shape index (κ2) is 5.59. The van der Waals surface area contributed by atoms with Crippen molar-refractivity contribution in [3.8, 4) is 11.3 Å². The molecule has 0 radical (unpaired) electrons. The predicted octanol–water partition coefficient (Wildman–Crippen LogP) is 2.23. The fraction of sp³-hybridized carbons (Fsp3) is 0.333. The highest BCUT2D eigenvalue weighted by Crippen LogP contribution is 2.23. The van der Waals surface area contributed by atoms with Crippen molar-refractivity contribution in [3.05, 3.63) is 46.1 Å². The van der Waals surface area contributed by atoms with Crippen molar-refractivity contribution in [1.29, 1.82) is 0 Å². The van der Waals surface area contributed by atoms with Gasteiger partial charge >= 0.3 is 0 Å². The normalized spacial score (nSPS) is 14.3. The van der Waals surface area contributed by atoms with Gasteiger partial charge in [0, 0.05) is 37.8 Å². The van der Waals surface area contributed by atoms with E-state index in [1.807, 2.05) is 4.90 Å². The Balaban J connectivity index is 1.88. The number of nitrogens with zero attached hydrogens (tertiary/aromatic N) is 4. The summed E-state index contributed by atoms with van der Waals surface area (Å²) in [6.45, 7) is 1.58. The zero-order chi connectivity index (χ0) is 15.7. The zero-order valence-corrected chi connectivity index (χ0v) is 12.2. The van der Waals surface area contributed by atoms with Gasteiger partial charge in [-0.25, -0.2) is 0 Å². The molecule has 22 heavy (non-hydrogen) atoms. The second-order valence-electron chi connectivity index (χ2n) is 5.34. The average molecular weight is 300 g/mol. The van der Waals surface area contributed by atoms with Crippen LogP contribution in [0.15, 0.2) is 30.3 Å². The molecule has 1 aromatic carbocycles. The number of hydrogen-bond donors (Lipinski definition) is 0. The first-order valence-corrected chi connectivity index (χ1v) is 7.14. The highest BCUT2D eigenvalue weighted by Gasteiger charge is 2.23. The van der Waals surface area contributed by atoms with Crippen LogP contribution in [0.4, 0.5) is 5.69 Å². The van der Waals surface area contributed by atoms with Crippen molar-refractivity contribution in [2.75, 3.05) is 13.1 Å². The molecule has 114 valence electrons. The molecule has 0 bridgehead atoms. The highest BCUT2D eigenvalue weighted by molar-refractivity contribution is 5.93. The molecule has 0 spiro atoms. The lowest BCUT2D eigenvalue weighted by molar-refractivity contribution is -0.384. The molecule has 0 N–H and O–H groups in total.